The Balaban J connectivity index is 1.75. The van der Waals surface area contributed by atoms with Crippen LogP contribution >= 0.6 is 0 Å². The fraction of sp³-hybridized carbons (Fsp3) is 0.455. The highest BCUT2D eigenvalue weighted by molar-refractivity contribution is 5.89. The lowest BCUT2D eigenvalue weighted by Crippen LogP contribution is -2.51. The number of esters is 1. The monoisotopic (exact) mass is 383 g/mol. The summed E-state index contributed by atoms with van der Waals surface area (Å²) in [6, 6.07) is 11.7. The summed E-state index contributed by atoms with van der Waals surface area (Å²) in [7, 11) is 1.66. The highest BCUT2D eigenvalue weighted by atomic mass is 16.6. The van der Waals surface area contributed by atoms with Crippen LogP contribution in [0.25, 0.3) is 0 Å². The summed E-state index contributed by atoms with van der Waals surface area (Å²) in [6.45, 7) is 5.73. The number of methoxy groups -OCH3 is 1. The van der Waals surface area contributed by atoms with Gasteiger partial charge < -0.3 is 14.8 Å². The molecule has 1 N–H and O–H groups in total. The summed E-state index contributed by atoms with van der Waals surface area (Å²) in [5, 5.41) is 3.58. The topological polar surface area (TPSA) is 63.7 Å². The third kappa shape index (κ3) is 5.30. The smallest absolute Gasteiger partial charge is 0.339 e. The van der Waals surface area contributed by atoms with Crippen molar-refractivity contribution in [3.05, 3.63) is 59.9 Å². The van der Waals surface area contributed by atoms with Crippen molar-refractivity contribution in [1.29, 1.82) is 0 Å². The van der Waals surface area contributed by atoms with Crippen LogP contribution in [0.1, 0.15) is 42.6 Å². The zero-order valence-corrected chi connectivity index (χ0v) is 16.8. The van der Waals surface area contributed by atoms with Crippen molar-refractivity contribution in [2.75, 3.05) is 13.7 Å². The maximum Gasteiger partial charge on any atom is 0.339 e. The van der Waals surface area contributed by atoms with Crippen LogP contribution in [0, 0.1) is 0 Å². The first-order chi connectivity index (χ1) is 13.6. The Morgan fingerprint density at radius 1 is 1.29 bits per heavy atom. The molecule has 1 aliphatic rings. The van der Waals surface area contributed by atoms with Gasteiger partial charge in [0.25, 0.3) is 0 Å². The summed E-state index contributed by atoms with van der Waals surface area (Å²) in [5.41, 5.74) is 1.56. The van der Waals surface area contributed by atoms with Crippen LogP contribution < -0.4 is 10.1 Å². The summed E-state index contributed by atoms with van der Waals surface area (Å²) in [6.07, 6.45) is 4.98. The van der Waals surface area contributed by atoms with Crippen molar-refractivity contribution in [2.45, 2.75) is 51.5 Å². The Bertz CT molecular complexity index is 767. The number of hydrogen-bond acceptors (Lipinski definition) is 6. The van der Waals surface area contributed by atoms with Gasteiger partial charge in [0, 0.05) is 49.6 Å². The summed E-state index contributed by atoms with van der Waals surface area (Å²) < 4.78 is 11.4. The molecule has 0 bridgehead atoms. The molecule has 150 valence electrons. The van der Waals surface area contributed by atoms with E-state index in [-0.39, 0.29) is 12.2 Å². The van der Waals surface area contributed by atoms with Gasteiger partial charge in [0.15, 0.2) is 6.23 Å². The zero-order valence-electron chi connectivity index (χ0n) is 16.8. The Morgan fingerprint density at radius 3 is 2.79 bits per heavy atom. The molecule has 2 aromatic rings. The number of aromatic nitrogens is 1. The average Bonchev–Trinajstić information content (AvgIpc) is 2.70. The van der Waals surface area contributed by atoms with Crippen molar-refractivity contribution in [3.63, 3.8) is 0 Å². The predicted molar refractivity (Wildman–Crippen MR) is 108 cm³/mol. The number of pyridine rings is 1. The Kier molecular flexibility index (Phi) is 7.01. The van der Waals surface area contributed by atoms with Crippen LogP contribution in [0.2, 0.25) is 0 Å². The molecule has 0 radical (unpaired) electrons. The molecule has 1 aliphatic heterocycles. The first-order valence-corrected chi connectivity index (χ1v) is 9.80. The summed E-state index contributed by atoms with van der Waals surface area (Å²) in [4.78, 5) is 19.1. The number of nitrogens with one attached hydrogen (secondary N) is 1. The van der Waals surface area contributed by atoms with Gasteiger partial charge in [-0.3, -0.25) is 9.88 Å². The van der Waals surface area contributed by atoms with Crippen molar-refractivity contribution >= 4 is 5.97 Å². The molecule has 6 heteroatoms. The van der Waals surface area contributed by atoms with E-state index < -0.39 is 0 Å². The van der Waals surface area contributed by atoms with E-state index in [0.29, 0.717) is 24.2 Å². The highest BCUT2D eigenvalue weighted by Gasteiger charge is 2.32. The maximum absolute atomic E-state index is 12.7. The normalized spacial score (nSPS) is 20.1. The largest absolute Gasteiger partial charge is 0.496 e. The lowest BCUT2D eigenvalue weighted by atomic mass is 10.0. The van der Waals surface area contributed by atoms with Gasteiger partial charge in [0.05, 0.1) is 12.7 Å². The minimum Gasteiger partial charge on any atom is -0.496 e. The van der Waals surface area contributed by atoms with Gasteiger partial charge in [-0.25, -0.2) is 4.79 Å². The van der Waals surface area contributed by atoms with Gasteiger partial charge in [-0.1, -0.05) is 32.0 Å². The van der Waals surface area contributed by atoms with Crippen LogP contribution in [0.15, 0.2) is 48.8 Å². The molecule has 2 unspecified atom stereocenters. The SMILES string of the molecule is COc1ccncc1CN1CCC(NC(C)C)CC1OC(=O)c1ccccc1. The van der Waals surface area contributed by atoms with Crippen LogP contribution in [0.4, 0.5) is 0 Å². The number of carbonyl (C=O) groups excluding carboxylic acids is 1. The number of likely N-dealkylation sites (tertiary alicyclic amines) is 1. The molecule has 3 rings (SSSR count). The summed E-state index contributed by atoms with van der Waals surface area (Å²) >= 11 is 0. The van der Waals surface area contributed by atoms with Crippen LogP contribution in [0.5, 0.6) is 5.75 Å². The van der Waals surface area contributed by atoms with Gasteiger partial charge in [-0.2, -0.15) is 0 Å². The first kappa shape index (κ1) is 20.3. The minimum absolute atomic E-state index is 0.293. The number of benzene rings is 1. The molecule has 1 aromatic carbocycles. The van der Waals surface area contributed by atoms with E-state index in [4.69, 9.17) is 9.47 Å². The second-order valence-corrected chi connectivity index (χ2v) is 7.43. The molecule has 1 saturated heterocycles. The lowest BCUT2D eigenvalue weighted by molar-refractivity contribution is -0.0622. The van der Waals surface area contributed by atoms with Gasteiger partial charge in [-0.15, -0.1) is 0 Å². The predicted octanol–water partition coefficient (Wildman–Crippen LogP) is 3.24. The second kappa shape index (κ2) is 9.66. The molecular formula is C22H29N3O3. The summed E-state index contributed by atoms with van der Waals surface area (Å²) in [5.74, 6) is 0.504. The van der Waals surface area contributed by atoms with Gasteiger partial charge in [0.2, 0.25) is 0 Å². The molecule has 28 heavy (non-hydrogen) atoms. The van der Waals surface area contributed by atoms with Gasteiger partial charge >= 0.3 is 5.97 Å². The fourth-order valence-electron chi connectivity index (χ4n) is 3.62. The molecule has 1 fully saturated rings. The van der Waals surface area contributed by atoms with Crippen LogP contribution in [-0.4, -0.2) is 47.8 Å². The van der Waals surface area contributed by atoms with E-state index in [1.807, 2.05) is 30.5 Å². The van der Waals surface area contributed by atoms with Crippen molar-refractivity contribution in [3.8, 4) is 5.75 Å². The van der Waals surface area contributed by atoms with Gasteiger partial charge in [-0.05, 0) is 24.6 Å². The lowest BCUT2D eigenvalue weighted by Gasteiger charge is -2.39. The molecule has 0 spiro atoms. The molecule has 0 saturated carbocycles. The van der Waals surface area contributed by atoms with Gasteiger partial charge in [0.1, 0.15) is 5.75 Å². The first-order valence-electron chi connectivity index (χ1n) is 9.80. The average molecular weight is 383 g/mol. The number of hydrogen-bond donors (Lipinski definition) is 1. The molecule has 6 nitrogen and oxygen atoms in total. The van der Waals surface area contributed by atoms with Crippen molar-refractivity contribution in [1.82, 2.24) is 15.2 Å². The number of piperidine rings is 1. The number of nitrogens with zero attached hydrogens (tertiary/aromatic N) is 2. The number of carbonyl (C=O) groups is 1. The van der Waals surface area contributed by atoms with E-state index in [0.717, 1.165) is 30.7 Å². The highest BCUT2D eigenvalue weighted by Crippen LogP contribution is 2.25. The quantitative estimate of drug-likeness (QED) is 0.741. The minimum atomic E-state index is -0.303. The van der Waals surface area contributed by atoms with Crippen molar-refractivity contribution < 1.29 is 14.3 Å². The van der Waals surface area contributed by atoms with E-state index in [2.05, 4.69) is 29.0 Å². The maximum atomic E-state index is 12.7. The Morgan fingerprint density at radius 2 is 2.07 bits per heavy atom. The molecule has 1 aromatic heterocycles. The van der Waals surface area contributed by atoms with E-state index in [1.54, 1.807) is 25.4 Å². The van der Waals surface area contributed by atoms with E-state index in [1.165, 1.54) is 0 Å². The third-order valence-corrected chi connectivity index (χ3v) is 4.93. The zero-order chi connectivity index (χ0) is 19.9. The number of rotatable bonds is 7. The molecule has 2 atom stereocenters. The third-order valence-electron chi connectivity index (χ3n) is 4.93. The second-order valence-electron chi connectivity index (χ2n) is 7.43. The van der Waals surface area contributed by atoms with E-state index >= 15 is 0 Å². The standard InChI is InChI=1S/C22H29N3O3/c1-16(2)24-19-10-12-25(15-18-14-23-11-9-20(18)27-3)21(13-19)28-22(26)17-7-5-4-6-8-17/h4-9,11,14,16,19,21,24H,10,12-13,15H2,1-3H3. The fourth-order valence-corrected chi connectivity index (χ4v) is 3.62. The molecule has 0 amide bonds. The molecule has 0 aliphatic carbocycles. The Labute approximate surface area is 166 Å². The van der Waals surface area contributed by atoms with E-state index in [9.17, 15) is 4.79 Å². The molecular weight excluding hydrogens is 354 g/mol. The van der Waals surface area contributed by atoms with Crippen molar-refractivity contribution in [2.24, 2.45) is 0 Å². The number of ether oxygens (including phenoxy) is 2. The Hall–Kier alpha value is -2.44. The van der Waals surface area contributed by atoms with Crippen LogP contribution in [0.3, 0.4) is 0 Å². The molecule has 2 heterocycles. The van der Waals surface area contributed by atoms with Crippen LogP contribution in [-0.2, 0) is 11.3 Å².